The van der Waals surface area contributed by atoms with Gasteiger partial charge < -0.3 is 19.1 Å². The molecule has 1 unspecified atom stereocenters. The summed E-state index contributed by atoms with van der Waals surface area (Å²) in [5.41, 5.74) is 3.39. The number of carbonyl (C=O) groups excluding carboxylic acids is 1. The molecule has 11 heteroatoms. The summed E-state index contributed by atoms with van der Waals surface area (Å²) in [6, 6.07) is 22.7. The number of amides is 1. The normalized spacial score (nSPS) is 16.1. The van der Waals surface area contributed by atoms with Crippen molar-refractivity contribution in [1.82, 2.24) is 0 Å². The molecular weight excluding hydrogens is 637 g/mol. The van der Waals surface area contributed by atoms with Gasteiger partial charge in [0, 0.05) is 27.4 Å². The molecular formula is C34H33Cl2NO7S. The fourth-order valence-electron chi connectivity index (χ4n) is 5.42. The van der Waals surface area contributed by atoms with E-state index < -0.39 is 15.5 Å². The molecule has 0 bridgehead atoms. The van der Waals surface area contributed by atoms with Gasteiger partial charge in [0.1, 0.15) is 16.9 Å². The number of hydrogen-bond acceptors (Lipinski definition) is 7. The fourth-order valence-corrected chi connectivity index (χ4v) is 6.79. The van der Waals surface area contributed by atoms with Crippen molar-refractivity contribution in [3.8, 4) is 11.5 Å². The van der Waals surface area contributed by atoms with Crippen molar-refractivity contribution in [1.29, 1.82) is 0 Å². The summed E-state index contributed by atoms with van der Waals surface area (Å²) in [4.78, 5) is 16.2. The molecule has 236 valence electrons. The van der Waals surface area contributed by atoms with E-state index in [0.717, 1.165) is 27.9 Å². The molecule has 0 N–H and O–H groups in total. The molecule has 0 fully saturated rings. The lowest BCUT2D eigenvalue weighted by atomic mass is 9.76. The van der Waals surface area contributed by atoms with E-state index in [0.29, 0.717) is 27.1 Å². The smallest absolute Gasteiger partial charge is 0.297 e. The second-order valence-corrected chi connectivity index (χ2v) is 13.3. The number of ether oxygens (including phenoxy) is 3. The second-order valence-electron chi connectivity index (χ2n) is 10.8. The first-order valence-corrected chi connectivity index (χ1v) is 16.3. The van der Waals surface area contributed by atoms with Crippen molar-refractivity contribution in [2.24, 2.45) is 0 Å². The summed E-state index contributed by atoms with van der Waals surface area (Å²) in [7, 11) is -0.737. The van der Waals surface area contributed by atoms with Crippen molar-refractivity contribution in [2.75, 3.05) is 32.3 Å². The van der Waals surface area contributed by atoms with Crippen molar-refractivity contribution in [2.45, 2.75) is 37.3 Å². The summed E-state index contributed by atoms with van der Waals surface area (Å²) in [6.07, 6.45) is 0. The molecule has 0 saturated carbocycles. The third kappa shape index (κ3) is 6.68. The third-order valence-corrected chi connectivity index (χ3v) is 9.79. The molecule has 1 amide bonds. The van der Waals surface area contributed by atoms with Crippen LogP contribution in [0.5, 0.6) is 11.5 Å². The second kappa shape index (κ2) is 13.4. The van der Waals surface area contributed by atoms with E-state index in [4.69, 9.17) is 41.6 Å². The van der Waals surface area contributed by atoms with E-state index in [1.54, 1.807) is 61.6 Å². The number of halogens is 2. The first-order valence-electron chi connectivity index (χ1n) is 14.1. The molecule has 0 saturated heterocycles. The molecule has 1 aliphatic rings. The number of hydrogen-bond donors (Lipinski definition) is 0. The van der Waals surface area contributed by atoms with Gasteiger partial charge in [-0.05, 0) is 79.1 Å². The molecule has 45 heavy (non-hydrogen) atoms. The number of carbonyl (C=O) groups is 1. The first-order chi connectivity index (χ1) is 21.5. The fraction of sp³-hybridized carbons (Fsp3) is 0.265. The lowest BCUT2D eigenvalue weighted by Gasteiger charge is -2.27. The SMILES string of the molecule is COc1ccc(CN2C(=O)C(C)(c3cc(COCCOS(=O)(=O)c4ccc(C)cc4)ccc3Cl)c3cc(Cl)ccc32)c(OC)c1. The van der Waals surface area contributed by atoms with Crippen LogP contribution in [-0.2, 0) is 42.4 Å². The molecule has 0 radical (unpaired) electrons. The highest BCUT2D eigenvalue weighted by Crippen LogP contribution is 2.49. The van der Waals surface area contributed by atoms with E-state index in [9.17, 15) is 13.2 Å². The summed E-state index contributed by atoms with van der Waals surface area (Å²) in [5.74, 6) is 1.07. The molecule has 4 aromatic rings. The minimum Gasteiger partial charge on any atom is -0.497 e. The van der Waals surface area contributed by atoms with E-state index in [2.05, 4.69) is 0 Å². The average Bonchev–Trinajstić information content (AvgIpc) is 3.23. The number of anilines is 1. The van der Waals surface area contributed by atoms with Gasteiger partial charge in [0.25, 0.3) is 10.1 Å². The predicted octanol–water partition coefficient (Wildman–Crippen LogP) is 7.09. The third-order valence-electron chi connectivity index (χ3n) is 7.90. The Morgan fingerprint density at radius 1 is 0.844 bits per heavy atom. The Labute approximate surface area is 273 Å². The Bertz CT molecular complexity index is 1830. The van der Waals surface area contributed by atoms with Crippen LogP contribution in [0.4, 0.5) is 5.69 Å². The Morgan fingerprint density at radius 2 is 1.60 bits per heavy atom. The quantitative estimate of drug-likeness (QED) is 0.117. The van der Waals surface area contributed by atoms with Crippen molar-refractivity contribution >= 4 is 44.9 Å². The number of aryl methyl sites for hydroxylation is 1. The van der Waals surface area contributed by atoms with Crippen molar-refractivity contribution in [3.05, 3.63) is 117 Å². The van der Waals surface area contributed by atoms with E-state index in [1.807, 2.05) is 38.1 Å². The lowest BCUT2D eigenvalue weighted by Crippen LogP contribution is -2.39. The predicted molar refractivity (Wildman–Crippen MR) is 174 cm³/mol. The average molecular weight is 671 g/mol. The van der Waals surface area contributed by atoms with Crippen molar-refractivity contribution in [3.63, 3.8) is 0 Å². The molecule has 0 aromatic heterocycles. The monoisotopic (exact) mass is 669 g/mol. The number of benzene rings is 4. The minimum atomic E-state index is -3.89. The molecule has 0 spiro atoms. The van der Waals surface area contributed by atoms with E-state index in [1.165, 1.54) is 12.1 Å². The zero-order valence-corrected chi connectivity index (χ0v) is 27.6. The Hall–Kier alpha value is -3.60. The minimum absolute atomic E-state index is 0.0369. The maximum absolute atomic E-state index is 14.4. The van der Waals surface area contributed by atoms with Crippen LogP contribution >= 0.6 is 23.2 Å². The van der Waals surface area contributed by atoms with Crippen LogP contribution in [0.15, 0.2) is 83.8 Å². The molecule has 5 rings (SSSR count). The van der Waals surface area contributed by atoms with Crippen LogP contribution < -0.4 is 14.4 Å². The summed E-state index contributed by atoms with van der Waals surface area (Å²) in [5, 5.41) is 0.907. The number of nitrogens with zero attached hydrogens (tertiary/aromatic N) is 1. The molecule has 1 atom stereocenters. The topological polar surface area (TPSA) is 91.4 Å². The maximum atomic E-state index is 14.4. The van der Waals surface area contributed by atoms with Gasteiger partial charge in [-0.2, -0.15) is 8.42 Å². The highest BCUT2D eigenvalue weighted by atomic mass is 35.5. The summed E-state index contributed by atoms with van der Waals surface area (Å²) in [6.45, 7) is 4.00. The van der Waals surface area contributed by atoms with Gasteiger partial charge in [-0.25, -0.2) is 0 Å². The Kier molecular flexibility index (Phi) is 9.77. The Balaban J connectivity index is 1.35. The zero-order chi connectivity index (χ0) is 32.4. The highest BCUT2D eigenvalue weighted by molar-refractivity contribution is 7.86. The van der Waals surface area contributed by atoms with Crippen LogP contribution in [0.2, 0.25) is 10.0 Å². The number of fused-ring (bicyclic) bond motifs is 1. The molecule has 1 aliphatic heterocycles. The van der Waals surface area contributed by atoms with Crippen LogP contribution in [0, 0.1) is 6.92 Å². The van der Waals surface area contributed by atoms with Gasteiger partial charge in [-0.3, -0.25) is 8.98 Å². The van der Waals surface area contributed by atoms with Gasteiger partial charge in [0.2, 0.25) is 5.91 Å². The largest absolute Gasteiger partial charge is 0.497 e. The van der Waals surface area contributed by atoms with Gasteiger partial charge in [-0.1, -0.05) is 53.0 Å². The first kappa shape index (κ1) is 32.8. The van der Waals surface area contributed by atoms with Crippen molar-refractivity contribution < 1.29 is 31.6 Å². The van der Waals surface area contributed by atoms with Gasteiger partial charge in [0.05, 0.1) is 45.5 Å². The van der Waals surface area contributed by atoms with Gasteiger partial charge in [-0.15, -0.1) is 0 Å². The van der Waals surface area contributed by atoms with E-state index in [-0.39, 0.29) is 37.2 Å². The Morgan fingerprint density at radius 3 is 2.31 bits per heavy atom. The van der Waals surface area contributed by atoms with Gasteiger partial charge >= 0.3 is 0 Å². The number of rotatable bonds is 12. The molecule has 0 aliphatic carbocycles. The van der Waals surface area contributed by atoms with Crippen LogP contribution in [0.1, 0.15) is 34.7 Å². The molecule has 4 aromatic carbocycles. The highest BCUT2D eigenvalue weighted by Gasteiger charge is 2.50. The summed E-state index contributed by atoms with van der Waals surface area (Å²) >= 11 is 13.2. The standard InChI is InChI=1S/C34H33Cl2NO7S/c1-22-5-11-27(12-6-22)45(39,40)44-16-15-43-21-23-7-13-30(36)28(17-23)34(2)29-18-25(35)9-14-31(29)37(33(34)38)20-24-8-10-26(41-3)19-32(24)42-4/h5-14,17-19H,15-16,20-21H2,1-4H3. The van der Waals surface area contributed by atoms with Gasteiger partial charge in [0.15, 0.2) is 0 Å². The number of methoxy groups -OCH3 is 2. The molecule has 1 heterocycles. The zero-order valence-electron chi connectivity index (χ0n) is 25.3. The van der Waals surface area contributed by atoms with Crippen LogP contribution in [-0.4, -0.2) is 41.8 Å². The lowest BCUT2D eigenvalue weighted by molar-refractivity contribution is -0.121. The van der Waals surface area contributed by atoms with E-state index >= 15 is 0 Å². The molecule has 8 nitrogen and oxygen atoms in total. The van der Waals surface area contributed by atoms with Crippen LogP contribution in [0.3, 0.4) is 0 Å². The maximum Gasteiger partial charge on any atom is 0.297 e. The summed E-state index contributed by atoms with van der Waals surface area (Å²) < 4.78 is 46.7. The van der Waals surface area contributed by atoms with Crippen LogP contribution in [0.25, 0.3) is 0 Å².